The zero-order valence-corrected chi connectivity index (χ0v) is 16.0. The Hall–Kier alpha value is -3.24. The van der Waals surface area contributed by atoms with Gasteiger partial charge in [-0.2, -0.15) is 5.10 Å². The van der Waals surface area contributed by atoms with E-state index in [9.17, 15) is 19.5 Å². The highest BCUT2D eigenvalue weighted by Crippen LogP contribution is 2.17. The van der Waals surface area contributed by atoms with Gasteiger partial charge in [0.15, 0.2) is 0 Å². The van der Waals surface area contributed by atoms with Crippen molar-refractivity contribution in [1.82, 2.24) is 20.4 Å². The predicted octanol–water partition coefficient (Wildman–Crippen LogP) is 0.00160. The van der Waals surface area contributed by atoms with E-state index in [4.69, 9.17) is 4.74 Å². The third-order valence-corrected chi connectivity index (χ3v) is 4.42. The van der Waals surface area contributed by atoms with Crippen molar-refractivity contribution in [3.05, 3.63) is 47.8 Å². The van der Waals surface area contributed by atoms with Gasteiger partial charge < -0.3 is 25.4 Å². The number of nitrogens with one attached hydrogen (secondary N) is 3. The summed E-state index contributed by atoms with van der Waals surface area (Å²) >= 11 is 0. The van der Waals surface area contributed by atoms with Crippen LogP contribution in [0.2, 0.25) is 0 Å². The van der Waals surface area contributed by atoms with Gasteiger partial charge in [-0.05, 0) is 30.3 Å². The molecule has 2 heterocycles. The number of benzene rings is 1. The lowest BCUT2D eigenvalue weighted by Crippen LogP contribution is -2.53. The van der Waals surface area contributed by atoms with E-state index < -0.39 is 11.5 Å². The number of rotatable bonds is 5. The van der Waals surface area contributed by atoms with Crippen molar-refractivity contribution in [3.63, 3.8) is 0 Å². The van der Waals surface area contributed by atoms with Crippen LogP contribution in [0.4, 0.5) is 5.69 Å². The van der Waals surface area contributed by atoms with Crippen molar-refractivity contribution in [2.75, 3.05) is 38.2 Å². The molecule has 1 aliphatic heterocycles. The predicted molar refractivity (Wildman–Crippen MR) is 103 cm³/mol. The number of H-pyrrole nitrogens is 1. The normalized spacial score (nSPS) is 19.3. The second-order valence-corrected chi connectivity index (χ2v) is 6.92. The fourth-order valence-electron chi connectivity index (χ4n) is 3.00. The van der Waals surface area contributed by atoms with Gasteiger partial charge in [-0.1, -0.05) is 0 Å². The van der Waals surface area contributed by atoms with Crippen LogP contribution in [0.1, 0.15) is 27.8 Å². The van der Waals surface area contributed by atoms with Gasteiger partial charge in [0.2, 0.25) is 5.91 Å². The molecule has 0 unspecified atom stereocenters. The number of aromatic nitrogens is 2. The van der Waals surface area contributed by atoms with Crippen LogP contribution in [0, 0.1) is 0 Å². The summed E-state index contributed by atoms with van der Waals surface area (Å²) in [5.74, 6) is -0.884. The Bertz CT molecular complexity index is 868. The number of carbonyl (C=O) groups excluding carboxylic acids is 3. The average molecular weight is 401 g/mol. The van der Waals surface area contributed by atoms with Gasteiger partial charge in [0.1, 0.15) is 11.3 Å². The number of nitrogens with zero attached hydrogens (tertiary/aromatic N) is 2. The van der Waals surface area contributed by atoms with E-state index >= 15 is 0 Å². The summed E-state index contributed by atoms with van der Waals surface area (Å²) in [5.41, 5.74) is -0.149. The lowest BCUT2D eigenvalue weighted by atomic mass is 10.0. The van der Waals surface area contributed by atoms with E-state index in [0.717, 1.165) is 0 Å². The zero-order chi connectivity index (χ0) is 20.9. The Morgan fingerprint density at radius 2 is 2.03 bits per heavy atom. The van der Waals surface area contributed by atoms with Gasteiger partial charge in [-0.3, -0.25) is 19.5 Å². The molecule has 3 rings (SSSR count). The Kier molecular flexibility index (Phi) is 6.25. The van der Waals surface area contributed by atoms with Gasteiger partial charge in [-0.15, -0.1) is 0 Å². The van der Waals surface area contributed by atoms with Crippen LogP contribution in [0.15, 0.2) is 36.5 Å². The monoisotopic (exact) mass is 401 g/mol. The number of hydrogen-bond donors (Lipinski definition) is 4. The maximum Gasteiger partial charge on any atom is 0.269 e. The Morgan fingerprint density at radius 3 is 2.69 bits per heavy atom. The van der Waals surface area contributed by atoms with Crippen molar-refractivity contribution in [1.29, 1.82) is 0 Å². The van der Waals surface area contributed by atoms with Crippen LogP contribution in [0.3, 0.4) is 0 Å². The Labute approximate surface area is 167 Å². The number of ether oxygens (including phenoxy) is 1. The summed E-state index contributed by atoms with van der Waals surface area (Å²) in [7, 11) is 0. The number of amides is 3. The minimum absolute atomic E-state index is 0.00252. The first-order valence-corrected chi connectivity index (χ1v) is 9.11. The molecule has 29 heavy (non-hydrogen) atoms. The molecule has 0 spiro atoms. The van der Waals surface area contributed by atoms with E-state index in [1.54, 1.807) is 24.3 Å². The second-order valence-electron chi connectivity index (χ2n) is 6.92. The highest BCUT2D eigenvalue weighted by Gasteiger charge is 2.35. The second kappa shape index (κ2) is 8.84. The van der Waals surface area contributed by atoms with Gasteiger partial charge in [0.05, 0.1) is 26.3 Å². The van der Waals surface area contributed by atoms with E-state index in [1.807, 2.05) is 0 Å². The van der Waals surface area contributed by atoms with Crippen LogP contribution >= 0.6 is 0 Å². The number of β-amino-alcohol motifs (C(OH)–C–C–N with tert-alkyl or cyclic N) is 1. The molecule has 10 nitrogen and oxygen atoms in total. The summed E-state index contributed by atoms with van der Waals surface area (Å²) in [6, 6.07) is 8.01. The van der Waals surface area contributed by atoms with Crippen molar-refractivity contribution in [3.8, 4) is 0 Å². The van der Waals surface area contributed by atoms with E-state index in [0.29, 0.717) is 17.8 Å². The number of carbonyl (C=O) groups is 3. The maximum absolute atomic E-state index is 12.9. The first-order chi connectivity index (χ1) is 13.9. The first-order valence-electron chi connectivity index (χ1n) is 9.11. The molecule has 0 radical (unpaired) electrons. The Balaban J connectivity index is 1.65. The summed E-state index contributed by atoms with van der Waals surface area (Å²) < 4.78 is 5.45. The highest BCUT2D eigenvalue weighted by molar-refractivity contribution is 5.95. The fourth-order valence-corrected chi connectivity index (χ4v) is 3.00. The quantitative estimate of drug-likeness (QED) is 0.557. The van der Waals surface area contributed by atoms with Crippen LogP contribution in [-0.4, -0.2) is 76.4 Å². The molecule has 154 valence electrons. The van der Waals surface area contributed by atoms with Gasteiger partial charge in [0, 0.05) is 30.9 Å². The molecule has 1 saturated heterocycles. The highest BCUT2D eigenvalue weighted by atomic mass is 16.5. The van der Waals surface area contributed by atoms with Crippen LogP contribution in [-0.2, 0) is 9.53 Å². The van der Waals surface area contributed by atoms with Crippen LogP contribution in [0.25, 0.3) is 0 Å². The van der Waals surface area contributed by atoms with Crippen molar-refractivity contribution in [2.45, 2.75) is 12.5 Å². The van der Waals surface area contributed by atoms with Crippen molar-refractivity contribution >= 4 is 23.4 Å². The topological polar surface area (TPSA) is 137 Å². The molecule has 1 fully saturated rings. The van der Waals surface area contributed by atoms with Crippen molar-refractivity contribution in [2.24, 2.45) is 0 Å². The standard InChI is InChI=1S/C19H23N5O5/c1-13(25)22-15-4-2-14(3-5-15)18(27)24-8-9-29-12-19(28,11-24)10-20-17(26)16-6-7-21-23-16/h2-7,28H,8-12H2,1H3,(H,20,26)(H,21,23)(H,22,25)/t19-/m0/s1. The smallest absolute Gasteiger partial charge is 0.269 e. The van der Waals surface area contributed by atoms with Gasteiger partial charge >= 0.3 is 0 Å². The Morgan fingerprint density at radius 1 is 1.28 bits per heavy atom. The minimum Gasteiger partial charge on any atom is -0.384 e. The molecule has 1 aliphatic rings. The third kappa shape index (κ3) is 5.39. The average Bonchev–Trinajstić information content (AvgIpc) is 3.16. The van der Waals surface area contributed by atoms with Crippen molar-refractivity contribution < 1.29 is 24.2 Å². The molecule has 1 atom stereocenters. The molecular formula is C19H23N5O5. The number of hydrogen-bond acceptors (Lipinski definition) is 6. The first kappa shape index (κ1) is 20.5. The molecule has 10 heteroatoms. The molecule has 2 aromatic rings. The van der Waals surface area contributed by atoms with Crippen LogP contribution in [0.5, 0.6) is 0 Å². The fraction of sp³-hybridized carbons (Fsp3) is 0.368. The van der Waals surface area contributed by atoms with Crippen LogP contribution < -0.4 is 10.6 Å². The molecule has 3 amide bonds. The SMILES string of the molecule is CC(=O)Nc1ccc(C(=O)N2CCOC[C@](O)(CNC(=O)c3ccn[nH]3)C2)cc1. The number of aromatic amines is 1. The molecule has 0 aliphatic carbocycles. The third-order valence-electron chi connectivity index (χ3n) is 4.42. The maximum atomic E-state index is 12.9. The molecular weight excluding hydrogens is 378 g/mol. The lowest BCUT2D eigenvalue weighted by molar-refractivity contribution is -0.114. The van der Waals surface area contributed by atoms with Gasteiger partial charge in [-0.25, -0.2) is 0 Å². The number of aliphatic hydroxyl groups is 1. The number of anilines is 1. The molecule has 1 aromatic heterocycles. The van der Waals surface area contributed by atoms with E-state index in [-0.39, 0.29) is 43.8 Å². The summed E-state index contributed by atoms with van der Waals surface area (Å²) in [4.78, 5) is 37.5. The largest absolute Gasteiger partial charge is 0.384 e. The summed E-state index contributed by atoms with van der Waals surface area (Å²) in [6.07, 6.45) is 1.45. The minimum atomic E-state index is -1.43. The zero-order valence-electron chi connectivity index (χ0n) is 16.0. The lowest BCUT2D eigenvalue weighted by Gasteiger charge is -2.31. The molecule has 1 aromatic carbocycles. The van der Waals surface area contributed by atoms with Gasteiger partial charge in [0.25, 0.3) is 11.8 Å². The van der Waals surface area contributed by atoms with E-state index in [2.05, 4.69) is 20.8 Å². The molecule has 4 N–H and O–H groups in total. The van der Waals surface area contributed by atoms with E-state index in [1.165, 1.54) is 24.1 Å². The summed E-state index contributed by atoms with van der Waals surface area (Å²) in [5, 5.41) is 22.4. The molecule has 0 saturated carbocycles. The summed E-state index contributed by atoms with van der Waals surface area (Å²) in [6.45, 7) is 1.89. The molecule has 0 bridgehead atoms.